The van der Waals surface area contributed by atoms with E-state index in [4.69, 9.17) is 4.74 Å². The van der Waals surface area contributed by atoms with E-state index < -0.39 is 23.6 Å². The van der Waals surface area contributed by atoms with E-state index in [-0.39, 0.29) is 17.5 Å². The smallest absolute Gasteiger partial charge is 0.408 e. The van der Waals surface area contributed by atoms with Crippen LogP contribution >= 0.6 is 27.3 Å². The fourth-order valence-corrected chi connectivity index (χ4v) is 4.87. The van der Waals surface area contributed by atoms with Crippen LogP contribution in [0.2, 0.25) is 0 Å². The average Bonchev–Trinajstić information content (AvgIpc) is 3.07. The third-order valence-corrected chi connectivity index (χ3v) is 6.20. The lowest BCUT2D eigenvalue weighted by Crippen LogP contribution is -2.56. The van der Waals surface area contributed by atoms with Crippen LogP contribution in [-0.4, -0.2) is 41.1 Å². The first-order chi connectivity index (χ1) is 14.2. The number of nitrogens with one attached hydrogen (secondary N) is 2. The zero-order chi connectivity index (χ0) is 21.9. The second kappa shape index (κ2) is 9.53. The van der Waals surface area contributed by atoms with Crippen molar-refractivity contribution in [2.75, 3.05) is 6.54 Å². The molecular weight excluding hydrogens is 473 g/mol. The van der Waals surface area contributed by atoms with Gasteiger partial charge in [0, 0.05) is 11.6 Å². The Balaban J connectivity index is 1.95. The van der Waals surface area contributed by atoms with Crippen LogP contribution in [0.15, 0.2) is 28.2 Å². The number of alkyl carbamates (subject to hydrolysis) is 1. The van der Waals surface area contributed by atoms with Crippen molar-refractivity contribution in [3.05, 3.63) is 39.7 Å². The van der Waals surface area contributed by atoms with Crippen molar-refractivity contribution in [2.24, 2.45) is 0 Å². The molecule has 2 aromatic rings. The molecule has 9 heteroatoms. The number of aromatic nitrogens is 1. The first-order valence-corrected chi connectivity index (χ1v) is 11.4. The normalized spacial score (nSPS) is 18.0. The van der Waals surface area contributed by atoms with Gasteiger partial charge in [-0.2, -0.15) is 0 Å². The molecule has 2 atom stereocenters. The minimum absolute atomic E-state index is 0.130. The standard InChI is InChI=1S/C21H25BrFN3O3S/c1-21(2,3)29-20(28)26-15(14-10-6-7-11-24-14)17(27)16-18(30-19(22)25-16)12-8-4-5-9-13(12)23/h4-5,8-9,14-15,24H,6-7,10-11H2,1-3H3,(H,26,28). The number of amides is 1. The van der Waals surface area contributed by atoms with E-state index in [1.807, 2.05) is 0 Å². The van der Waals surface area contributed by atoms with Crippen molar-refractivity contribution in [3.8, 4) is 10.4 Å². The van der Waals surface area contributed by atoms with E-state index in [1.165, 1.54) is 17.4 Å². The first-order valence-electron chi connectivity index (χ1n) is 9.84. The van der Waals surface area contributed by atoms with Gasteiger partial charge in [-0.05, 0) is 62.2 Å². The second-order valence-corrected chi connectivity index (χ2v) is 10.4. The molecular formula is C21H25BrFN3O3S. The van der Waals surface area contributed by atoms with Crippen molar-refractivity contribution in [3.63, 3.8) is 0 Å². The molecule has 30 heavy (non-hydrogen) atoms. The van der Waals surface area contributed by atoms with Gasteiger partial charge < -0.3 is 15.4 Å². The predicted molar refractivity (Wildman–Crippen MR) is 118 cm³/mol. The second-order valence-electron chi connectivity index (χ2n) is 8.17. The first kappa shape index (κ1) is 22.8. The quantitative estimate of drug-likeness (QED) is 0.572. The van der Waals surface area contributed by atoms with Crippen molar-refractivity contribution >= 4 is 39.1 Å². The molecule has 1 saturated heterocycles. The zero-order valence-corrected chi connectivity index (χ0v) is 19.5. The van der Waals surface area contributed by atoms with Gasteiger partial charge in [-0.3, -0.25) is 4.79 Å². The van der Waals surface area contributed by atoms with Crippen molar-refractivity contribution < 1.29 is 18.7 Å². The molecule has 1 aliphatic heterocycles. The Morgan fingerprint density at radius 3 is 2.70 bits per heavy atom. The molecule has 1 aliphatic rings. The summed E-state index contributed by atoms with van der Waals surface area (Å²) in [5, 5.41) is 6.04. The summed E-state index contributed by atoms with van der Waals surface area (Å²) in [5.74, 6) is -0.810. The Morgan fingerprint density at radius 2 is 2.07 bits per heavy atom. The Kier molecular flexibility index (Phi) is 7.26. The third-order valence-electron chi connectivity index (χ3n) is 4.66. The number of carbonyl (C=O) groups is 2. The van der Waals surface area contributed by atoms with E-state index in [1.54, 1.807) is 39.0 Å². The summed E-state index contributed by atoms with van der Waals surface area (Å²) in [4.78, 5) is 30.8. The number of hydrogen-bond acceptors (Lipinski definition) is 6. The van der Waals surface area contributed by atoms with Crippen LogP contribution in [0.3, 0.4) is 0 Å². The van der Waals surface area contributed by atoms with Crippen LogP contribution in [0, 0.1) is 5.82 Å². The van der Waals surface area contributed by atoms with Crippen molar-refractivity contribution in [1.82, 2.24) is 15.6 Å². The molecule has 0 saturated carbocycles. The fraction of sp³-hybridized carbons (Fsp3) is 0.476. The van der Waals surface area contributed by atoms with Crippen molar-refractivity contribution in [1.29, 1.82) is 0 Å². The molecule has 1 aromatic carbocycles. The molecule has 2 N–H and O–H groups in total. The van der Waals surface area contributed by atoms with Gasteiger partial charge in [-0.1, -0.05) is 24.6 Å². The van der Waals surface area contributed by atoms with Crippen molar-refractivity contribution in [2.45, 2.75) is 57.7 Å². The largest absolute Gasteiger partial charge is 0.444 e. The number of carbonyl (C=O) groups excluding carboxylic acids is 2. The minimum Gasteiger partial charge on any atom is -0.444 e. The molecule has 2 unspecified atom stereocenters. The molecule has 3 rings (SSSR count). The molecule has 0 radical (unpaired) electrons. The van der Waals surface area contributed by atoms with Gasteiger partial charge >= 0.3 is 6.09 Å². The number of ketones is 1. The van der Waals surface area contributed by atoms with Gasteiger partial charge in [0.05, 0.1) is 4.88 Å². The molecule has 0 spiro atoms. The lowest BCUT2D eigenvalue weighted by Gasteiger charge is -2.31. The Hall–Kier alpha value is -1.84. The Labute approximate surface area is 187 Å². The number of thiazole rings is 1. The highest BCUT2D eigenvalue weighted by Crippen LogP contribution is 2.35. The monoisotopic (exact) mass is 497 g/mol. The third kappa shape index (κ3) is 5.65. The van der Waals surface area contributed by atoms with Gasteiger partial charge in [0.1, 0.15) is 23.2 Å². The summed E-state index contributed by atoms with van der Waals surface area (Å²) in [6.45, 7) is 6.04. The molecule has 162 valence electrons. The highest BCUT2D eigenvalue weighted by atomic mass is 79.9. The van der Waals surface area contributed by atoms with E-state index in [9.17, 15) is 14.0 Å². The maximum Gasteiger partial charge on any atom is 0.408 e. The molecule has 6 nitrogen and oxygen atoms in total. The summed E-state index contributed by atoms with van der Waals surface area (Å²) in [6, 6.07) is 5.12. The highest BCUT2D eigenvalue weighted by molar-refractivity contribution is 9.11. The molecule has 0 aliphatic carbocycles. The fourth-order valence-electron chi connectivity index (χ4n) is 3.38. The highest BCUT2D eigenvalue weighted by Gasteiger charge is 2.36. The summed E-state index contributed by atoms with van der Waals surface area (Å²) >= 11 is 4.50. The summed E-state index contributed by atoms with van der Waals surface area (Å²) < 4.78 is 20.3. The molecule has 1 aromatic heterocycles. The van der Waals surface area contributed by atoms with Crippen LogP contribution in [0.5, 0.6) is 0 Å². The number of Topliss-reactive ketones (excluding diaryl/α,β-unsaturated/α-hetero) is 1. The molecule has 0 bridgehead atoms. The molecule has 1 amide bonds. The lowest BCUT2D eigenvalue weighted by atomic mass is 9.93. The molecule has 2 heterocycles. The van der Waals surface area contributed by atoms with Crippen LogP contribution in [0.4, 0.5) is 9.18 Å². The van der Waals surface area contributed by atoms with Gasteiger partial charge in [-0.25, -0.2) is 14.2 Å². The maximum atomic E-state index is 14.4. The van der Waals surface area contributed by atoms with Crippen LogP contribution < -0.4 is 10.6 Å². The topological polar surface area (TPSA) is 80.3 Å². The predicted octanol–water partition coefficient (Wildman–Crippen LogP) is 4.93. The number of hydrogen-bond donors (Lipinski definition) is 2. The van der Waals surface area contributed by atoms with Gasteiger partial charge in [-0.15, -0.1) is 11.3 Å². The van der Waals surface area contributed by atoms with E-state index >= 15 is 0 Å². The summed E-state index contributed by atoms with van der Waals surface area (Å²) in [5.41, 5.74) is -0.262. The van der Waals surface area contributed by atoms with E-state index in [2.05, 4.69) is 31.5 Å². The van der Waals surface area contributed by atoms with Crippen LogP contribution in [0.1, 0.15) is 50.5 Å². The number of rotatable bonds is 5. The number of benzene rings is 1. The lowest BCUT2D eigenvalue weighted by molar-refractivity contribution is 0.0473. The Bertz CT molecular complexity index is 922. The van der Waals surface area contributed by atoms with Gasteiger partial charge in [0.2, 0.25) is 5.78 Å². The summed E-state index contributed by atoms with van der Waals surface area (Å²) in [6.07, 6.45) is 2.01. The number of piperidine rings is 1. The SMILES string of the molecule is CC(C)(C)OC(=O)NC(C(=O)c1nc(Br)sc1-c1ccccc1F)C1CCCCN1. The van der Waals surface area contributed by atoms with Crippen LogP contribution in [0.25, 0.3) is 10.4 Å². The van der Waals surface area contributed by atoms with Crippen LogP contribution in [-0.2, 0) is 4.74 Å². The van der Waals surface area contributed by atoms with E-state index in [0.29, 0.717) is 14.4 Å². The zero-order valence-electron chi connectivity index (χ0n) is 17.1. The maximum absolute atomic E-state index is 14.4. The Morgan fingerprint density at radius 1 is 1.33 bits per heavy atom. The minimum atomic E-state index is -0.875. The summed E-state index contributed by atoms with van der Waals surface area (Å²) in [7, 11) is 0. The number of nitrogens with zero attached hydrogens (tertiary/aromatic N) is 1. The van der Waals surface area contributed by atoms with Gasteiger partial charge in [0.25, 0.3) is 0 Å². The van der Waals surface area contributed by atoms with E-state index in [0.717, 1.165) is 25.8 Å². The average molecular weight is 498 g/mol. The number of ether oxygens (including phenoxy) is 1. The molecule has 1 fully saturated rings. The van der Waals surface area contributed by atoms with Gasteiger partial charge in [0.15, 0.2) is 3.92 Å². The number of halogens is 2.